The van der Waals surface area contributed by atoms with E-state index in [1.54, 1.807) is 11.9 Å². The molecule has 0 saturated heterocycles. The minimum Gasteiger partial charge on any atom is -0.460 e. The molecule has 0 N–H and O–H groups in total. The zero-order valence-corrected chi connectivity index (χ0v) is 16.7. The number of rotatable bonds is 7. The van der Waals surface area contributed by atoms with Crippen molar-refractivity contribution >= 4 is 11.9 Å². The molecule has 2 aromatic carbocycles. The van der Waals surface area contributed by atoms with Crippen LogP contribution in [0.15, 0.2) is 54.6 Å². The van der Waals surface area contributed by atoms with E-state index >= 15 is 0 Å². The first-order valence-electron chi connectivity index (χ1n) is 9.35. The lowest BCUT2D eigenvalue weighted by molar-refractivity contribution is -0.155. The summed E-state index contributed by atoms with van der Waals surface area (Å²) in [5.74, 6) is -0.175. The third-order valence-electron chi connectivity index (χ3n) is 4.14. The molecule has 0 heterocycles. The van der Waals surface area contributed by atoms with Crippen LogP contribution in [0.3, 0.4) is 0 Å². The van der Waals surface area contributed by atoms with Gasteiger partial charge in [0.1, 0.15) is 5.60 Å². The maximum absolute atomic E-state index is 12.4. The fourth-order valence-corrected chi connectivity index (χ4v) is 2.73. The van der Waals surface area contributed by atoms with Crippen molar-refractivity contribution in [3.05, 3.63) is 60.2 Å². The predicted molar refractivity (Wildman–Crippen MR) is 108 cm³/mol. The molecule has 0 aliphatic carbocycles. The van der Waals surface area contributed by atoms with Crippen LogP contribution < -0.4 is 0 Å². The number of amides is 1. The van der Waals surface area contributed by atoms with Gasteiger partial charge in [-0.3, -0.25) is 9.59 Å². The highest BCUT2D eigenvalue weighted by molar-refractivity contribution is 5.79. The van der Waals surface area contributed by atoms with Gasteiger partial charge in [-0.2, -0.15) is 0 Å². The van der Waals surface area contributed by atoms with Gasteiger partial charge in [-0.15, -0.1) is 0 Å². The molecule has 0 saturated carbocycles. The van der Waals surface area contributed by atoms with Gasteiger partial charge in [0.15, 0.2) is 0 Å². The standard InChI is InChI=1S/C23H29NO3/c1-23(2,3)27-22(26)11-8-16-24(4)21(25)17-18-12-14-20(15-13-18)19-9-6-5-7-10-19/h5-7,9-10,12-15H,8,11,16-17H2,1-4H3. The molecule has 144 valence electrons. The van der Waals surface area contributed by atoms with Crippen molar-refractivity contribution in [2.75, 3.05) is 13.6 Å². The van der Waals surface area contributed by atoms with Crippen LogP contribution in [0.25, 0.3) is 11.1 Å². The summed E-state index contributed by atoms with van der Waals surface area (Å²) in [6.45, 7) is 6.09. The van der Waals surface area contributed by atoms with Crippen molar-refractivity contribution in [1.29, 1.82) is 0 Å². The number of hydrogen-bond donors (Lipinski definition) is 0. The molecular weight excluding hydrogens is 338 g/mol. The number of ether oxygens (including phenoxy) is 1. The lowest BCUT2D eigenvalue weighted by Crippen LogP contribution is -2.30. The Kier molecular flexibility index (Phi) is 7.17. The average Bonchev–Trinajstić information content (AvgIpc) is 2.61. The molecule has 27 heavy (non-hydrogen) atoms. The van der Waals surface area contributed by atoms with E-state index in [1.807, 2.05) is 63.2 Å². The van der Waals surface area contributed by atoms with E-state index in [1.165, 1.54) is 0 Å². The fourth-order valence-electron chi connectivity index (χ4n) is 2.73. The molecule has 0 aromatic heterocycles. The summed E-state index contributed by atoms with van der Waals surface area (Å²) in [5.41, 5.74) is 2.82. The minimum atomic E-state index is -0.468. The summed E-state index contributed by atoms with van der Waals surface area (Å²) in [6, 6.07) is 18.2. The lowest BCUT2D eigenvalue weighted by atomic mass is 10.0. The number of carbonyl (C=O) groups is 2. The Morgan fingerprint density at radius 2 is 1.52 bits per heavy atom. The lowest BCUT2D eigenvalue weighted by Gasteiger charge is -2.20. The topological polar surface area (TPSA) is 46.6 Å². The van der Waals surface area contributed by atoms with E-state index in [9.17, 15) is 9.59 Å². The van der Waals surface area contributed by atoms with Crippen LogP contribution in [-0.4, -0.2) is 36.0 Å². The Balaban J connectivity index is 1.79. The second-order valence-electron chi connectivity index (χ2n) is 7.75. The van der Waals surface area contributed by atoms with Gasteiger partial charge in [-0.25, -0.2) is 0 Å². The number of nitrogens with zero attached hydrogens (tertiary/aromatic N) is 1. The second-order valence-corrected chi connectivity index (χ2v) is 7.75. The Bertz CT molecular complexity index is 745. The summed E-state index contributed by atoms with van der Waals surface area (Å²) in [4.78, 5) is 25.8. The van der Waals surface area contributed by atoms with Crippen LogP contribution in [0.5, 0.6) is 0 Å². The molecule has 0 atom stereocenters. The first-order valence-corrected chi connectivity index (χ1v) is 9.35. The molecule has 2 rings (SSSR count). The summed E-state index contributed by atoms with van der Waals surface area (Å²) >= 11 is 0. The predicted octanol–water partition coefficient (Wildman–Crippen LogP) is 4.48. The normalized spacial score (nSPS) is 11.1. The van der Waals surface area contributed by atoms with Crippen LogP contribution in [0.2, 0.25) is 0 Å². The number of likely N-dealkylation sites (N-methyl/N-ethyl adjacent to an activating group) is 1. The first kappa shape index (κ1) is 20.7. The van der Waals surface area contributed by atoms with Crippen LogP contribution in [0.1, 0.15) is 39.2 Å². The molecule has 1 amide bonds. The van der Waals surface area contributed by atoms with Crippen LogP contribution in [-0.2, 0) is 20.7 Å². The van der Waals surface area contributed by atoms with Crippen LogP contribution in [0, 0.1) is 0 Å². The smallest absolute Gasteiger partial charge is 0.306 e. The SMILES string of the molecule is CN(CCCC(=O)OC(C)(C)C)C(=O)Cc1ccc(-c2ccccc2)cc1. The van der Waals surface area contributed by atoms with E-state index in [-0.39, 0.29) is 11.9 Å². The highest BCUT2D eigenvalue weighted by Gasteiger charge is 2.16. The van der Waals surface area contributed by atoms with Crippen molar-refractivity contribution < 1.29 is 14.3 Å². The number of esters is 1. The highest BCUT2D eigenvalue weighted by atomic mass is 16.6. The van der Waals surface area contributed by atoms with Crippen molar-refractivity contribution in [3.63, 3.8) is 0 Å². The van der Waals surface area contributed by atoms with Gasteiger partial charge >= 0.3 is 5.97 Å². The van der Waals surface area contributed by atoms with Gasteiger partial charge in [-0.1, -0.05) is 54.6 Å². The van der Waals surface area contributed by atoms with Crippen molar-refractivity contribution in [2.45, 2.75) is 45.6 Å². The molecule has 0 aliphatic heterocycles. The maximum atomic E-state index is 12.4. The molecule has 0 radical (unpaired) electrons. The molecule has 0 bridgehead atoms. The molecule has 0 aliphatic rings. The van der Waals surface area contributed by atoms with E-state index < -0.39 is 5.60 Å². The third kappa shape index (κ3) is 7.26. The van der Waals surface area contributed by atoms with E-state index in [0.29, 0.717) is 25.8 Å². The quantitative estimate of drug-likeness (QED) is 0.678. The van der Waals surface area contributed by atoms with Gasteiger partial charge in [0.25, 0.3) is 0 Å². The zero-order chi connectivity index (χ0) is 19.9. The minimum absolute atomic E-state index is 0.0478. The van der Waals surface area contributed by atoms with Crippen LogP contribution >= 0.6 is 0 Å². The highest BCUT2D eigenvalue weighted by Crippen LogP contribution is 2.19. The monoisotopic (exact) mass is 367 g/mol. The van der Waals surface area contributed by atoms with E-state index in [4.69, 9.17) is 4.74 Å². The molecule has 4 nitrogen and oxygen atoms in total. The van der Waals surface area contributed by atoms with E-state index in [0.717, 1.165) is 16.7 Å². The molecule has 0 fully saturated rings. The Morgan fingerprint density at radius 1 is 0.926 bits per heavy atom. The third-order valence-corrected chi connectivity index (χ3v) is 4.14. The Hall–Kier alpha value is -2.62. The maximum Gasteiger partial charge on any atom is 0.306 e. The van der Waals surface area contributed by atoms with E-state index in [2.05, 4.69) is 12.1 Å². The van der Waals surface area contributed by atoms with Gasteiger partial charge in [0.2, 0.25) is 5.91 Å². The number of carbonyl (C=O) groups excluding carboxylic acids is 2. The summed E-state index contributed by atoms with van der Waals surface area (Å²) in [6.07, 6.45) is 1.28. The van der Waals surface area contributed by atoms with Crippen LogP contribution in [0.4, 0.5) is 0 Å². The summed E-state index contributed by atoms with van der Waals surface area (Å²) < 4.78 is 5.28. The molecule has 2 aromatic rings. The van der Waals surface area contributed by atoms with Gasteiger partial charge in [0, 0.05) is 20.0 Å². The van der Waals surface area contributed by atoms with Gasteiger partial charge in [0.05, 0.1) is 6.42 Å². The average molecular weight is 367 g/mol. The summed E-state index contributed by atoms with van der Waals surface area (Å²) in [5, 5.41) is 0. The van der Waals surface area contributed by atoms with Crippen molar-refractivity contribution in [3.8, 4) is 11.1 Å². The van der Waals surface area contributed by atoms with Crippen molar-refractivity contribution in [2.24, 2.45) is 0 Å². The molecular formula is C23H29NO3. The molecule has 0 spiro atoms. The molecule has 4 heteroatoms. The van der Waals surface area contributed by atoms with Crippen molar-refractivity contribution in [1.82, 2.24) is 4.90 Å². The number of benzene rings is 2. The second kappa shape index (κ2) is 9.36. The zero-order valence-electron chi connectivity index (χ0n) is 16.7. The fraction of sp³-hybridized carbons (Fsp3) is 0.391. The van der Waals surface area contributed by atoms with Gasteiger partial charge < -0.3 is 9.64 Å². The Labute approximate surface area is 162 Å². The largest absolute Gasteiger partial charge is 0.460 e. The molecule has 0 unspecified atom stereocenters. The number of hydrogen-bond acceptors (Lipinski definition) is 3. The summed E-state index contributed by atoms with van der Waals surface area (Å²) in [7, 11) is 1.77. The first-order chi connectivity index (χ1) is 12.7. The van der Waals surface area contributed by atoms with Gasteiger partial charge in [-0.05, 0) is 43.9 Å². The Morgan fingerprint density at radius 3 is 2.11 bits per heavy atom.